The summed E-state index contributed by atoms with van der Waals surface area (Å²) in [5, 5.41) is 3.42. The fourth-order valence-corrected chi connectivity index (χ4v) is 3.51. The molecule has 1 unspecified atom stereocenters. The normalized spacial score (nSPS) is 22.3. The van der Waals surface area contributed by atoms with E-state index >= 15 is 0 Å². The second kappa shape index (κ2) is 8.16. The van der Waals surface area contributed by atoms with Crippen molar-refractivity contribution < 1.29 is 0 Å². The van der Waals surface area contributed by atoms with Crippen molar-refractivity contribution in [2.45, 2.75) is 71.8 Å². The summed E-state index contributed by atoms with van der Waals surface area (Å²) < 4.78 is 0. The zero-order chi connectivity index (χ0) is 13.4. The van der Waals surface area contributed by atoms with E-state index in [0.29, 0.717) is 5.41 Å². The SMILES string of the molecule is CCCC1CCCCN1CC(CC)(CC)CNC. The van der Waals surface area contributed by atoms with Crippen molar-refractivity contribution in [2.75, 3.05) is 26.7 Å². The minimum absolute atomic E-state index is 0.484. The van der Waals surface area contributed by atoms with Crippen LogP contribution in [-0.2, 0) is 0 Å². The first-order valence-corrected chi connectivity index (χ1v) is 8.10. The molecule has 108 valence electrons. The minimum Gasteiger partial charge on any atom is -0.319 e. The van der Waals surface area contributed by atoms with Gasteiger partial charge in [0.15, 0.2) is 0 Å². The van der Waals surface area contributed by atoms with Gasteiger partial charge in [-0.1, -0.05) is 33.6 Å². The van der Waals surface area contributed by atoms with E-state index < -0.39 is 0 Å². The van der Waals surface area contributed by atoms with Gasteiger partial charge in [0.25, 0.3) is 0 Å². The Morgan fingerprint density at radius 2 is 1.89 bits per heavy atom. The lowest BCUT2D eigenvalue weighted by Crippen LogP contribution is -2.48. The van der Waals surface area contributed by atoms with E-state index in [1.54, 1.807) is 0 Å². The standard InChI is InChI=1S/C16H34N2/c1-5-10-15-11-8-9-12-18(15)14-16(6-2,7-3)13-17-4/h15,17H,5-14H2,1-4H3. The topological polar surface area (TPSA) is 15.3 Å². The number of nitrogens with one attached hydrogen (secondary N) is 1. The van der Waals surface area contributed by atoms with Crippen molar-refractivity contribution in [1.29, 1.82) is 0 Å². The van der Waals surface area contributed by atoms with Gasteiger partial charge < -0.3 is 5.32 Å². The van der Waals surface area contributed by atoms with E-state index in [9.17, 15) is 0 Å². The Hall–Kier alpha value is -0.0800. The van der Waals surface area contributed by atoms with Crippen LogP contribution in [0.4, 0.5) is 0 Å². The van der Waals surface area contributed by atoms with Gasteiger partial charge in [0.2, 0.25) is 0 Å². The average molecular weight is 254 g/mol. The predicted octanol–water partition coefficient (Wildman–Crippen LogP) is 3.67. The molecule has 1 atom stereocenters. The molecule has 2 nitrogen and oxygen atoms in total. The van der Waals surface area contributed by atoms with Crippen LogP contribution in [0.5, 0.6) is 0 Å². The molecular weight excluding hydrogens is 220 g/mol. The Morgan fingerprint density at radius 1 is 1.17 bits per heavy atom. The van der Waals surface area contributed by atoms with Crippen LogP contribution in [0.1, 0.15) is 65.7 Å². The van der Waals surface area contributed by atoms with Gasteiger partial charge in [-0.05, 0) is 51.1 Å². The first-order valence-electron chi connectivity index (χ1n) is 8.10. The molecule has 0 radical (unpaired) electrons. The Bertz CT molecular complexity index is 209. The van der Waals surface area contributed by atoms with Gasteiger partial charge in [-0.3, -0.25) is 4.90 Å². The van der Waals surface area contributed by atoms with Crippen molar-refractivity contribution in [3.63, 3.8) is 0 Å². The summed E-state index contributed by atoms with van der Waals surface area (Å²) in [5.74, 6) is 0. The van der Waals surface area contributed by atoms with Crippen LogP contribution in [0.15, 0.2) is 0 Å². The molecule has 18 heavy (non-hydrogen) atoms. The second-order valence-corrected chi connectivity index (χ2v) is 6.15. The van der Waals surface area contributed by atoms with E-state index in [4.69, 9.17) is 0 Å². The molecule has 0 amide bonds. The zero-order valence-electron chi connectivity index (χ0n) is 13.1. The van der Waals surface area contributed by atoms with Gasteiger partial charge in [0.1, 0.15) is 0 Å². The summed E-state index contributed by atoms with van der Waals surface area (Å²) in [4.78, 5) is 2.80. The number of nitrogens with zero attached hydrogens (tertiary/aromatic N) is 1. The Labute approximate surface area is 115 Å². The summed E-state index contributed by atoms with van der Waals surface area (Å²) >= 11 is 0. The number of hydrogen-bond donors (Lipinski definition) is 1. The highest BCUT2D eigenvalue weighted by Crippen LogP contribution is 2.31. The van der Waals surface area contributed by atoms with E-state index in [1.807, 2.05) is 0 Å². The molecule has 1 aliphatic rings. The van der Waals surface area contributed by atoms with Gasteiger partial charge in [0, 0.05) is 19.1 Å². The molecule has 0 saturated carbocycles. The van der Waals surface area contributed by atoms with Crippen molar-refractivity contribution in [3.05, 3.63) is 0 Å². The molecule has 0 bridgehead atoms. The molecular formula is C16H34N2. The summed E-state index contributed by atoms with van der Waals surface area (Å²) in [6.07, 6.45) is 9.58. The molecule has 0 aromatic carbocycles. The lowest BCUT2D eigenvalue weighted by molar-refractivity contribution is 0.0696. The monoisotopic (exact) mass is 254 g/mol. The van der Waals surface area contributed by atoms with Crippen LogP contribution < -0.4 is 5.32 Å². The number of hydrogen-bond acceptors (Lipinski definition) is 2. The highest BCUT2D eigenvalue weighted by Gasteiger charge is 2.31. The van der Waals surface area contributed by atoms with Gasteiger partial charge in [-0.15, -0.1) is 0 Å². The van der Waals surface area contributed by atoms with Crippen LogP contribution >= 0.6 is 0 Å². The smallest absolute Gasteiger partial charge is 0.00954 e. The first-order chi connectivity index (χ1) is 8.71. The third kappa shape index (κ3) is 4.24. The number of likely N-dealkylation sites (tertiary alicyclic amines) is 1. The van der Waals surface area contributed by atoms with E-state index in [2.05, 4.69) is 38.0 Å². The van der Waals surface area contributed by atoms with Crippen molar-refractivity contribution in [1.82, 2.24) is 10.2 Å². The van der Waals surface area contributed by atoms with Gasteiger partial charge in [-0.25, -0.2) is 0 Å². The zero-order valence-corrected chi connectivity index (χ0v) is 13.1. The highest BCUT2D eigenvalue weighted by atomic mass is 15.2. The van der Waals surface area contributed by atoms with Crippen molar-refractivity contribution in [3.8, 4) is 0 Å². The largest absolute Gasteiger partial charge is 0.319 e. The van der Waals surface area contributed by atoms with Crippen LogP contribution in [0.2, 0.25) is 0 Å². The lowest BCUT2D eigenvalue weighted by atomic mass is 9.80. The summed E-state index contributed by atoms with van der Waals surface area (Å²) in [6.45, 7) is 10.8. The Kier molecular flexibility index (Phi) is 7.25. The average Bonchev–Trinajstić information content (AvgIpc) is 2.40. The van der Waals surface area contributed by atoms with Crippen LogP contribution in [-0.4, -0.2) is 37.6 Å². The maximum absolute atomic E-state index is 3.42. The van der Waals surface area contributed by atoms with Gasteiger partial charge in [0.05, 0.1) is 0 Å². The Balaban J connectivity index is 2.64. The second-order valence-electron chi connectivity index (χ2n) is 6.15. The lowest BCUT2D eigenvalue weighted by Gasteiger charge is -2.43. The molecule has 1 saturated heterocycles. The third-order valence-electron chi connectivity index (χ3n) is 4.96. The molecule has 2 heteroatoms. The van der Waals surface area contributed by atoms with Crippen molar-refractivity contribution >= 4 is 0 Å². The third-order valence-corrected chi connectivity index (χ3v) is 4.96. The maximum Gasteiger partial charge on any atom is 0.00954 e. The Morgan fingerprint density at radius 3 is 2.44 bits per heavy atom. The fourth-order valence-electron chi connectivity index (χ4n) is 3.51. The molecule has 1 aliphatic heterocycles. The number of piperidine rings is 1. The molecule has 0 aromatic heterocycles. The summed E-state index contributed by atoms with van der Waals surface area (Å²) in [6, 6.07) is 0.859. The first kappa shape index (κ1) is 16.0. The molecule has 1 heterocycles. The fraction of sp³-hybridized carbons (Fsp3) is 1.00. The van der Waals surface area contributed by atoms with Crippen LogP contribution in [0.25, 0.3) is 0 Å². The predicted molar refractivity (Wildman–Crippen MR) is 81.1 cm³/mol. The highest BCUT2D eigenvalue weighted by molar-refractivity contribution is 4.86. The molecule has 1 N–H and O–H groups in total. The van der Waals surface area contributed by atoms with Crippen molar-refractivity contribution in [2.24, 2.45) is 5.41 Å². The van der Waals surface area contributed by atoms with E-state index in [0.717, 1.165) is 12.6 Å². The van der Waals surface area contributed by atoms with E-state index in [-0.39, 0.29) is 0 Å². The molecule has 1 rings (SSSR count). The molecule has 0 aromatic rings. The number of rotatable bonds is 8. The molecule has 0 aliphatic carbocycles. The minimum atomic E-state index is 0.484. The molecule has 0 spiro atoms. The van der Waals surface area contributed by atoms with Crippen LogP contribution in [0.3, 0.4) is 0 Å². The maximum atomic E-state index is 3.42. The van der Waals surface area contributed by atoms with Gasteiger partial charge >= 0.3 is 0 Å². The van der Waals surface area contributed by atoms with Crippen LogP contribution in [0, 0.1) is 5.41 Å². The van der Waals surface area contributed by atoms with Gasteiger partial charge in [-0.2, -0.15) is 0 Å². The summed E-state index contributed by atoms with van der Waals surface area (Å²) in [5.41, 5.74) is 0.484. The summed E-state index contributed by atoms with van der Waals surface area (Å²) in [7, 11) is 2.10. The van der Waals surface area contributed by atoms with E-state index in [1.165, 1.54) is 58.0 Å². The quantitative estimate of drug-likeness (QED) is 0.711. The molecule has 1 fully saturated rings.